The van der Waals surface area contributed by atoms with Gasteiger partial charge in [0.2, 0.25) is 5.89 Å². The Bertz CT molecular complexity index is 824. The van der Waals surface area contributed by atoms with Crippen LogP contribution in [0.5, 0.6) is 0 Å². The van der Waals surface area contributed by atoms with Gasteiger partial charge in [0.05, 0.1) is 5.69 Å². The molecule has 1 aliphatic carbocycles. The van der Waals surface area contributed by atoms with Crippen molar-refractivity contribution < 1.29 is 22.0 Å². The van der Waals surface area contributed by atoms with E-state index in [4.69, 9.17) is 5.73 Å². The molecule has 1 heterocycles. The zero-order valence-electron chi connectivity index (χ0n) is 13.2. The fraction of sp³-hybridized carbons (Fsp3) is 0.467. The summed E-state index contributed by atoms with van der Waals surface area (Å²) >= 11 is 0. The van der Waals surface area contributed by atoms with Crippen LogP contribution in [0, 0.1) is 11.7 Å². The molecule has 6 nitrogen and oxygen atoms in total. The fourth-order valence-corrected chi connectivity index (χ4v) is 2.97. The molecule has 2 aromatic rings. The van der Waals surface area contributed by atoms with Crippen LogP contribution in [-0.2, 0) is 6.18 Å². The Labute approximate surface area is 139 Å². The number of aromatic nitrogens is 2. The van der Waals surface area contributed by atoms with Gasteiger partial charge in [-0.3, -0.25) is 0 Å². The first-order chi connectivity index (χ1) is 11.6. The molecule has 0 spiro atoms. The van der Waals surface area contributed by atoms with E-state index in [1.807, 2.05) is 5.10 Å². The highest BCUT2D eigenvalue weighted by atomic mass is 19.4. The molecule has 0 radical (unpaired) electrons. The Morgan fingerprint density at radius 1 is 1.40 bits per heavy atom. The van der Waals surface area contributed by atoms with Gasteiger partial charge in [-0.15, -0.1) is 5.10 Å². The van der Waals surface area contributed by atoms with Crippen molar-refractivity contribution >= 4 is 5.69 Å². The molecule has 25 heavy (non-hydrogen) atoms. The summed E-state index contributed by atoms with van der Waals surface area (Å²) in [6.07, 6.45) is -3.51. The molecular weight excluding hydrogens is 344 g/mol. The second kappa shape index (κ2) is 6.17. The van der Waals surface area contributed by atoms with Crippen LogP contribution in [0.25, 0.3) is 11.5 Å². The van der Waals surface area contributed by atoms with Crippen molar-refractivity contribution in [3.05, 3.63) is 34.1 Å². The Morgan fingerprint density at radius 3 is 2.60 bits per heavy atom. The summed E-state index contributed by atoms with van der Waals surface area (Å²) in [6, 6.07) is 1.41. The van der Waals surface area contributed by atoms with E-state index in [9.17, 15) is 22.4 Å². The molecule has 136 valence electrons. The van der Waals surface area contributed by atoms with Crippen molar-refractivity contribution in [1.29, 1.82) is 0 Å². The smallest absolute Gasteiger partial charge is 0.388 e. The fourth-order valence-electron chi connectivity index (χ4n) is 2.97. The highest BCUT2D eigenvalue weighted by molar-refractivity contribution is 5.66. The second-order valence-corrected chi connectivity index (χ2v) is 6.22. The number of aromatic amines is 1. The number of anilines is 1. The Hall–Kier alpha value is -2.36. The number of hydrogen-bond donors (Lipinski definition) is 3. The molecule has 0 bridgehead atoms. The number of alkyl halides is 3. The van der Waals surface area contributed by atoms with Gasteiger partial charge in [-0.05, 0) is 37.8 Å². The highest BCUT2D eigenvalue weighted by Crippen LogP contribution is 2.40. The molecule has 10 heteroatoms. The number of hydrogen-bond acceptors (Lipinski definition) is 5. The average molecular weight is 360 g/mol. The van der Waals surface area contributed by atoms with E-state index in [0.717, 1.165) is 6.07 Å². The third-order valence-electron chi connectivity index (χ3n) is 4.36. The van der Waals surface area contributed by atoms with Crippen molar-refractivity contribution in [2.24, 2.45) is 11.7 Å². The van der Waals surface area contributed by atoms with Gasteiger partial charge in [-0.1, -0.05) is 0 Å². The van der Waals surface area contributed by atoms with E-state index in [1.165, 1.54) is 0 Å². The van der Waals surface area contributed by atoms with Gasteiger partial charge in [0, 0.05) is 17.6 Å². The number of benzene rings is 1. The zero-order valence-corrected chi connectivity index (χ0v) is 13.2. The van der Waals surface area contributed by atoms with Crippen LogP contribution in [0.2, 0.25) is 0 Å². The summed E-state index contributed by atoms with van der Waals surface area (Å²) in [4.78, 5) is 11.0. The Morgan fingerprint density at radius 2 is 2.08 bits per heavy atom. The molecule has 1 saturated carbocycles. The number of nitrogens with zero attached hydrogens (tertiary/aromatic N) is 1. The normalized spacial score (nSPS) is 21.7. The van der Waals surface area contributed by atoms with Crippen LogP contribution in [-0.4, -0.2) is 22.3 Å². The number of rotatable bonds is 4. The molecule has 1 fully saturated rings. The van der Waals surface area contributed by atoms with Crippen molar-refractivity contribution in [3.63, 3.8) is 0 Å². The molecule has 1 aliphatic rings. The van der Waals surface area contributed by atoms with E-state index >= 15 is 0 Å². The minimum absolute atomic E-state index is 0.0396. The number of nitrogens with one attached hydrogen (secondary N) is 2. The maximum absolute atomic E-state index is 14.2. The summed E-state index contributed by atoms with van der Waals surface area (Å²) in [7, 11) is 0. The zero-order chi connectivity index (χ0) is 18.4. The molecule has 1 atom stereocenters. The largest absolute Gasteiger partial charge is 0.434 e. The molecule has 0 amide bonds. The Balaban J connectivity index is 2.00. The SMILES string of the molecule is C[C@H](Nc1cc(-c2n[nH]c(=O)o2)cc(F)c1C(F)(F)F)C1CC(N)C1. The maximum atomic E-state index is 14.2. The van der Waals surface area contributed by atoms with Gasteiger partial charge in [0.25, 0.3) is 0 Å². The monoisotopic (exact) mass is 360 g/mol. The summed E-state index contributed by atoms with van der Waals surface area (Å²) < 4.78 is 58.6. The topological polar surface area (TPSA) is 96.9 Å². The van der Waals surface area contributed by atoms with Crippen molar-refractivity contribution in [2.75, 3.05) is 5.32 Å². The van der Waals surface area contributed by atoms with Crippen LogP contribution >= 0.6 is 0 Å². The minimum atomic E-state index is -4.88. The summed E-state index contributed by atoms with van der Waals surface area (Å²) in [6.45, 7) is 1.72. The van der Waals surface area contributed by atoms with Crippen molar-refractivity contribution in [3.8, 4) is 11.5 Å². The van der Waals surface area contributed by atoms with Crippen LogP contribution in [0.4, 0.5) is 23.2 Å². The van der Waals surface area contributed by atoms with Crippen molar-refractivity contribution in [1.82, 2.24) is 10.2 Å². The standard InChI is InChI=1S/C15H16F4N4O2/c1-6(7-2-9(20)3-7)21-11-5-8(13-22-23-14(24)25-13)4-10(16)12(11)15(17,18)19/h4-7,9,21H,2-3,20H2,1H3,(H,23,24)/t6-,7?,9?/m0/s1. The second-order valence-electron chi connectivity index (χ2n) is 6.22. The lowest BCUT2D eigenvalue weighted by molar-refractivity contribution is -0.139. The van der Waals surface area contributed by atoms with Crippen LogP contribution in [0.3, 0.4) is 0 Å². The van der Waals surface area contributed by atoms with Gasteiger partial charge < -0.3 is 15.5 Å². The third kappa shape index (κ3) is 3.53. The number of nitrogens with two attached hydrogens (primary N) is 1. The van der Waals surface area contributed by atoms with Gasteiger partial charge in [0.1, 0.15) is 11.4 Å². The molecule has 1 aromatic heterocycles. The summed E-state index contributed by atoms with van der Waals surface area (Å²) in [5, 5.41) is 8.22. The number of halogens is 4. The van der Waals surface area contributed by atoms with E-state index in [-0.39, 0.29) is 29.5 Å². The van der Waals surface area contributed by atoms with Crippen LogP contribution < -0.4 is 16.8 Å². The van der Waals surface area contributed by atoms with Gasteiger partial charge in [-0.25, -0.2) is 14.3 Å². The molecule has 0 saturated heterocycles. The molecule has 1 aromatic carbocycles. The molecule has 0 unspecified atom stereocenters. The van der Waals surface area contributed by atoms with E-state index in [2.05, 4.69) is 14.8 Å². The number of H-pyrrole nitrogens is 1. The van der Waals surface area contributed by atoms with E-state index in [1.54, 1.807) is 6.92 Å². The first-order valence-electron chi connectivity index (χ1n) is 7.64. The van der Waals surface area contributed by atoms with E-state index in [0.29, 0.717) is 18.9 Å². The summed E-state index contributed by atoms with van der Waals surface area (Å²) in [5.41, 5.74) is 3.80. The predicted molar refractivity (Wildman–Crippen MR) is 81.3 cm³/mol. The minimum Gasteiger partial charge on any atom is -0.388 e. The first-order valence-corrected chi connectivity index (χ1v) is 7.64. The Kier molecular flexibility index (Phi) is 4.31. The molecule has 0 aliphatic heterocycles. The quantitative estimate of drug-likeness (QED) is 0.729. The third-order valence-corrected chi connectivity index (χ3v) is 4.36. The van der Waals surface area contributed by atoms with E-state index < -0.39 is 29.0 Å². The molecule has 3 rings (SSSR count). The lowest BCUT2D eigenvalue weighted by Crippen LogP contribution is -2.44. The predicted octanol–water partition coefficient (Wildman–Crippen LogP) is 2.73. The molecule has 4 N–H and O–H groups in total. The first kappa shape index (κ1) is 17.5. The molecular formula is C15H16F4N4O2. The van der Waals surface area contributed by atoms with Gasteiger partial charge >= 0.3 is 11.9 Å². The lowest BCUT2D eigenvalue weighted by atomic mass is 9.76. The highest BCUT2D eigenvalue weighted by Gasteiger charge is 2.39. The van der Waals surface area contributed by atoms with Crippen molar-refractivity contribution in [2.45, 2.75) is 38.0 Å². The maximum Gasteiger partial charge on any atom is 0.434 e. The average Bonchev–Trinajstić information content (AvgIpc) is 2.88. The van der Waals surface area contributed by atoms with Gasteiger partial charge in [0.15, 0.2) is 0 Å². The van der Waals surface area contributed by atoms with Crippen LogP contribution in [0.15, 0.2) is 21.3 Å². The van der Waals surface area contributed by atoms with Crippen LogP contribution in [0.1, 0.15) is 25.3 Å². The summed E-state index contributed by atoms with van der Waals surface area (Å²) in [5.74, 6) is -2.55. The van der Waals surface area contributed by atoms with Gasteiger partial charge in [-0.2, -0.15) is 13.2 Å². The lowest BCUT2D eigenvalue weighted by Gasteiger charge is -2.38.